The maximum absolute atomic E-state index is 2.47. The van der Waals surface area contributed by atoms with Gasteiger partial charge in [0.25, 0.3) is 0 Å². The molecule has 0 atom stereocenters. The number of hydrogen-bond donors (Lipinski definition) is 0. The molecule has 0 spiro atoms. The van der Waals surface area contributed by atoms with Gasteiger partial charge in [0.2, 0.25) is 0 Å². The van der Waals surface area contributed by atoms with Crippen molar-refractivity contribution in [2.45, 2.75) is 64.8 Å². The van der Waals surface area contributed by atoms with E-state index in [4.69, 9.17) is 0 Å². The summed E-state index contributed by atoms with van der Waals surface area (Å²) >= 11 is 0. The van der Waals surface area contributed by atoms with Gasteiger partial charge in [-0.25, -0.2) is 0 Å². The second-order valence-corrected chi connectivity index (χ2v) is 7.32. The lowest BCUT2D eigenvalue weighted by atomic mass is 9.94. The topological polar surface area (TPSA) is 6.48 Å². The smallest absolute Gasteiger partial charge is 0.0452 e. The summed E-state index contributed by atoms with van der Waals surface area (Å²) in [7, 11) is 0. The second kappa shape index (κ2) is 13.7. The quantitative estimate of drug-likeness (QED) is 0.270. The third kappa shape index (κ3) is 5.43. The average molecular weight is 451 g/mol. The maximum atomic E-state index is 2.47. The fourth-order valence-corrected chi connectivity index (χ4v) is 4.56. The fraction of sp³-hybridized carbons (Fsp3) is 0.419. The largest absolute Gasteiger partial charge is 0.372 e. The van der Waals surface area contributed by atoms with Crippen LogP contribution in [0.5, 0.6) is 0 Å². The normalized spacial score (nSPS) is 9.70. The maximum Gasteiger partial charge on any atom is 0.0452 e. The molecular weight excluding hydrogens is 400 g/mol. The van der Waals surface area contributed by atoms with Gasteiger partial charge in [0.1, 0.15) is 0 Å². The highest BCUT2D eigenvalue weighted by molar-refractivity contribution is 6.23. The molecule has 2 heteroatoms. The molecule has 4 aromatic rings. The number of hydrogen-bond acceptors (Lipinski definition) is 2. The Morgan fingerprint density at radius 3 is 0.970 bits per heavy atom. The average Bonchev–Trinajstić information content (AvgIpc) is 2.75. The van der Waals surface area contributed by atoms with Crippen LogP contribution in [0.15, 0.2) is 60.7 Å². The SMILES string of the molecule is C.C.C.C.C.CCN(CC)c1cc2c3ccccc3c(N(CC)CC)cc2c2ccccc12. The third-order valence-corrected chi connectivity index (χ3v) is 6.05. The summed E-state index contributed by atoms with van der Waals surface area (Å²) in [5, 5.41) is 8.10. The van der Waals surface area contributed by atoms with Gasteiger partial charge in [-0.1, -0.05) is 85.7 Å². The molecule has 0 aromatic heterocycles. The molecule has 0 fully saturated rings. The van der Waals surface area contributed by atoms with Crippen molar-refractivity contribution in [2.75, 3.05) is 36.0 Å². The van der Waals surface area contributed by atoms with Gasteiger partial charge < -0.3 is 9.80 Å². The van der Waals surface area contributed by atoms with Crippen molar-refractivity contribution >= 4 is 43.7 Å². The van der Waals surface area contributed by atoms with Crippen molar-refractivity contribution in [3.63, 3.8) is 0 Å². The van der Waals surface area contributed by atoms with Crippen LogP contribution in [0.1, 0.15) is 64.8 Å². The lowest BCUT2D eigenvalue weighted by Crippen LogP contribution is -2.22. The molecule has 184 valence electrons. The predicted octanol–water partition coefficient (Wildman–Crippen LogP) is 10.0. The minimum Gasteiger partial charge on any atom is -0.372 e. The van der Waals surface area contributed by atoms with Crippen molar-refractivity contribution < 1.29 is 0 Å². The van der Waals surface area contributed by atoms with E-state index in [0.29, 0.717) is 0 Å². The molecule has 4 rings (SSSR count). The van der Waals surface area contributed by atoms with Gasteiger partial charge in [-0.05, 0) is 61.4 Å². The molecule has 0 heterocycles. The molecule has 0 amide bonds. The van der Waals surface area contributed by atoms with Crippen molar-refractivity contribution in [3.8, 4) is 0 Å². The Morgan fingerprint density at radius 1 is 0.424 bits per heavy atom. The molecule has 0 bridgehead atoms. The van der Waals surface area contributed by atoms with Crippen LogP contribution in [0, 0.1) is 0 Å². The van der Waals surface area contributed by atoms with Crippen LogP contribution in [-0.4, -0.2) is 26.2 Å². The summed E-state index contributed by atoms with van der Waals surface area (Å²) in [6.07, 6.45) is 0. The molecule has 0 saturated carbocycles. The zero-order chi connectivity index (χ0) is 19.7. The van der Waals surface area contributed by atoms with Gasteiger partial charge in [0.05, 0.1) is 0 Å². The molecular formula is C31H50N2. The third-order valence-electron chi connectivity index (χ3n) is 6.05. The molecule has 0 unspecified atom stereocenters. The first-order valence-electron chi connectivity index (χ1n) is 10.6. The molecule has 4 aromatic carbocycles. The van der Waals surface area contributed by atoms with Gasteiger partial charge in [-0.15, -0.1) is 0 Å². The zero-order valence-electron chi connectivity index (χ0n) is 17.5. The molecule has 0 N–H and O–H groups in total. The van der Waals surface area contributed by atoms with E-state index in [1.54, 1.807) is 0 Å². The number of anilines is 2. The van der Waals surface area contributed by atoms with Crippen LogP contribution in [0.3, 0.4) is 0 Å². The van der Waals surface area contributed by atoms with Crippen molar-refractivity contribution in [3.05, 3.63) is 60.7 Å². The van der Waals surface area contributed by atoms with Crippen LogP contribution < -0.4 is 9.80 Å². The van der Waals surface area contributed by atoms with Crippen LogP contribution in [0.25, 0.3) is 32.3 Å². The summed E-state index contributed by atoms with van der Waals surface area (Å²) in [6.45, 7) is 13.0. The zero-order valence-corrected chi connectivity index (χ0v) is 17.5. The second-order valence-electron chi connectivity index (χ2n) is 7.32. The van der Waals surface area contributed by atoms with E-state index in [2.05, 4.69) is 98.2 Å². The summed E-state index contributed by atoms with van der Waals surface area (Å²) in [5.74, 6) is 0. The highest BCUT2D eigenvalue weighted by atomic mass is 15.1. The first-order chi connectivity index (χ1) is 13.7. The predicted molar refractivity (Wildman–Crippen MR) is 160 cm³/mol. The molecule has 0 radical (unpaired) electrons. The van der Waals surface area contributed by atoms with Gasteiger partial charge in [-0.2, -0.15) is 0 Å². The number of nitrogens with zero attached hydrogens (tertiary/aromatic N) is 2. The Labute approximate surface area is 205 Å². The first kappa shape index (κ1) is 32.4. The minimum atomic E-state index is 0. The fourth-order valence-electron chi connectivity index (χ4n) is 4.56. The molecule has 0 aliphatic rings. The Morgan fingerprint density at radius 2 is 0.697 bits per heavy atom. The van der Waals surface area contributed by atoms with Gasteiger partial charge in [0, 0.05) is 48.3 Å². The Hall–Kier alpha value is -2.74. The van der Waals surface area contributed by atoms with Crippen LogP contribution >= 0.6 is 0 Å². The molecule has 0 aliphatic carbocycles. The van der Waals surface area contributed by atoms with Crippen LogP contribution in [0.2, 0.25) is 0 Å². The van der Waals surface area contributed by atoms with E-state index in [1.165, 1.54) is 43.7 Å². The summed E-state index contributed by atoms with van der Waals surface area (Å²) in [4.78, 5) is 4.93. The van der Waals surface area contributed by atoms with Gasteiger partial charge in [-0.3, -0.25) is 0 Å². The summed E-state index contributed by atoms with van der Waals surface area (Å²) in [5.41, 5.74) is 2.68. The minimum absolute atomic E-state index is 0. The lowest BCUT2D eigenvalue weighted by Gasteiger charge is -2.27. The lowest BCUT2D eigenvalue weighted by molar-refractivity contribution is 0.870. The van der Waals surface area contributed by atoms with E-state index in [-0.39, 0.29) is 37.1 Å². The summed E-state index contributed by atoms with van der Waals surface area (Å²) < 4.78 is 0. The Bertz CT molecular complexity index is 1030. The van der Waals surface area contributed by atoms with E-state index < -0.39 is 0 Å². The van der Waals surface area contributed by atoms with Crippen LogP contribution in [-0.2, 0) is 0 Å². The molecule has 0 aliphatic heterocycles. The Balaban J connectivity index is 0. The highest BCUT2D eigenvalue weighted by Crippen LogP contribution is 2.41. The first-order valence-corrected chi connectivity index (χ1v) is 10.6. The standard InChI is InChI=1S/C26H30N2.5CH4/c1-5-27(6-2)25-17-23-20-14-10-12-16-22(20)26(28(7-3)8-4)18-24(23)19-13-9-11-15-21(19)25;;;;;/h9-18H,5-8H2,1-4H3;5*1H4. The Kier molecular flexibility index (Phi) is 13.5. The number of fused-ring (bicyclic) bond motifs is 5. The van der Waals surface area contributed by atoms with E-state index in [9.17, 15) is 0 Å². The van der Waals surface area contributed by atoms with Crippen molar-refractivity contribution in [2.24, 2.45) is 0 Å². The highest BCUT2D eigenvalue weighted by Gasteiger charge is 2.16. The monoisotopic (exact) mass is 450 g/mol. The summed E-state index contributed by atoms with van der Waals surface area (Å²) in [6, 6.07) is 22.6. The van der Waals surface area contributed by atoms with Gasteiger partial charge in [0.15, 0.2) is 0 Å². The number of rotatable bonds is 6. The molecule has 2 nitrogen and oxygen atoms in total. The number of benzene rings is 4. The van der Waals surface area contributed by atoms with E-state index in [1.807, 2.05) is 0 Å². The van der Waals surface area contributed by atoms with Crippen molar-refractivity contribution in [1.82, 2.24) is 0 Å². The molecule has 33 heavy (non-hydrogen) atoms. The van der Waals surface area contributed by atoms with Gasteiger partial charge >= 0.3 is 0 Å². The molecule has 0 saturated heterocycles. The van der Waals surface area contributed by atoms with Crippen LogP contribution in [0.4, 0.5) is 11.4 Å². The van der Waals surface area contributed by atoms with E-state index in [0.717, 1.165) is 26.2 Å². The van der Waals surface area contributed by atoms with Crippen molar-refractivity contribution in [1.29, 1.82) is 0 Å². The van der Waals surface area contributed by atoms with E-state index >= 15 is 0 Å².